The van der Waals surface area contributed by atoms with Crippen LogP contribution in [0.1, 0.15) is 17.4 Å². The van der Waals surface area contributed by atoms with Crippen LogP contribution in [0.4, 0.5) is 0 Å². The van der Waals surface area contributed by atoms with Crippen LogP contribution in [-0.4, -0.2) is 0 Å². The van der Waals surface area contributed by atoms with Gasteiger partial charge in [-0.2, -0.15) is 0 Å². The van der Waals surface area contributed by atoms with Crippen LogP contribution in [-0.2, 0) is 0 Å². The van der Waals surface area contributed by atoms with E-state index in [4.69, 9.17) is 33.4 Å². The standard InChI is InChI=1S/C11H9Cl2NO/c12-8-4-3-7(6-9(8)13)11(14)10-2-1-5-15-10/h1-6,11H,14H2. The van der Waals surface area contributed by atoms with Gasteiger partial charge >= 0.3 is 0 Å². The van der Waals surface area contributed by atoms with Gasteiger partial charge in [-0.3, -0.25) is 0 Å². The fourth-order valence-corrected chi connectivity index (χ4v) is 1.64. The molecule has 0 aliphatic heterocycles. The maximum atomic E-state index is 5.98. The van der Waals surface area contributed by atoms with E-state index in [2.05, 4.69) is 0 Å². The highest BCUT2D eigenvalue weighted by molar-refractivity contribution is 6.42. The molecule has 1 heterocycles. The summed E-state index contributed by atoms with van der Waals surface area (Å²) < 4.78 is 5.22. The Kier molecular flexibility index (Phi) is 3.00. The van der Waals surface area contributed by atoms with Gasteiger partial charge in [-0.1, -0.05) is 29.3 Å². The molecular formula is C11H9Cl2NO. The maximum Gasteiger partial charge on any atom is 0.124 e. The Bertz CT molecular complexity index is 454. The zero-order valence-corrected chi connectivity index (χ0v) is 9.29. The van der Waals surface area contributed by atoms with Crippen molar-refractivity contribution in [3.05, 3.63) is 58.0 Å². The Morgan fingerprint density at radius 2 is 1.93 bits per heavy atom. The SMILES string of the molecule is NC(c1ccc(Cl)c(Cl)c1)c1ccco1. The highest BCUT2D eigenvalue weighted by Crippen LogP contribution is 2.27. The van der Waals surface area contributed by atoms with Crippen LogP contribution in [0.25, 0.3) is 0 Å². The summed E-state index contributed by atoms with van der Waals surface area (Å²) in [5.74, 6) is 0.702. The van der Waals surface area contributed by atoms with Gasteiger partial charge in [-0.25, -0.2) is 0 Å². The summed E-state index contributed by atoms with van der Waals surface area (Å²) in [7, 11) is 0. The van der Waals surface area contributed by atoms with Gasteiger partial charge in [0.2, 0.25) is 0 Å². The van der Waals surface area contributed by atoms with E-state index in [0.717, 1.165) is 5.56 Å². The summed E-state index contributed by atoms with van der Waals surface area (Å²) in [5.41, 5.74) is 6.86. The molecule has 0 aliphatic rings. The van der Waals surface area contributed by atoms with Gasteiger partial charge in [0.15, 0.2) is 0 Å². The Morgan fingerprint density at radius 1 is 1.13 bits per heavy atom. The first kappa shape index (κ1) is 10.6. The molecular weight excluding hydrogens is 233 g/mol. The van der Waals surface area contributed by atoms with E-state index in [9.17, 15) is 0 Å². The lowest BCUT2D eigenvalue weighted by molar-refractivity contribution is 0.490. The van der Waals surface area contributed by atoms with Crippen LogP contribution in [0.15, 0.2) is 41.0 Å². The molecule has 1 unspecified atom stereocenters. The topological polar surface area (TPSA) is 39.2 Å². The van der Waals surface area contributed by atoms with Crippen molar-refractivity contribution in [3.8, 4) is 0 Å². The van der Waals surface area contributed by atoms with E-state index in [1.165, 1.54) is 0 Å². The predicted molar refractivity (Wildman–Crippen MR) is 61.2 cm³/mol. The van der Waals surface area contributed by atoms with E-state index in [1.54, 1.807) is 24.5 Å². The minimum atomic E-state index is -0.310. The molecule has 0 aliphatic carbocycles. The lowest BCUT2D eigenvalue weighted by atomic mass is 10.1. The second-order valence-corrected chi connectivity index (χ2v) is 3.98. The fraction of sp³-hybridized carbons (Fsp3) is 0.0909. The van der Waals surface area contributed by atoms with Crippen LogP contribution >= 0.6 is 23.2 Å². The average Bonchev–Trinajstić information content (AvgIpc) is 2.74. The largest absolute Gasteiger partial charge is 0.467 e. The van der Waals surface area contributed by atoms with Crippen molar-refractivity contribution in [2.24, 2.45) is 5.73 Å². The van der Waals surface area contributed by atoms with Crippen LogP contribution < -0.4 is 5.73 Å². The summed E-state index contributed by atoms with van der Waals surface area (Å²) >= 11 is 11.7. The second kappa shape index (κ2) is 4.27. The summed E-state index contributed by atoms with van der Waals surface area (Å²) in [6.07, 6.45) is 1.59. The van der Waals surface area contributed by atoms with Crippen molar-refractivity contribution in [2.45, 2.75) is 6.04 Å². The van der Waals surface area contributed by atoms with Crippen molar-refractivity contribution in [1.29, 1.82) is 0 Å². The van der Waals surface area contributed by atoms with Crippen molar-refractivity contribution >= 4 is 23.2 Å². The highest BCUT2D eigenvalue weighted by atomic mass is 35.5. The molecule has 2 aromatic rings. The molecule has 0 saturated heterocycles. The third-order valence-corrected chi connectivity index (χ3v) is 2.89. The average molecular weight is 242 g/mol. The van der Waals surface area contributed by atoms with Crippen molar-refractivity contribution < 1.29 is 4.42 Å². The van der Waals surface area contributed by atoms with Gasteiger partial charge in [0.05, 0.1) is 22.4 Å². The molecule has 15 heavy (non-hydrogen) atoms. The number of hydrogen-bond donors (Lipinski definition) is 1. The third kappa shape index (κ3) is 2.17. The number of furan rings is 1. The summed E-state index contributed by atoms with van der Waals surface area (Å²) in [5, 5.41) is 1.02. The second-order valence-electron chi connectivity index (χ2n) is 3.17. The molecule has 0 amide bonds. The van der Waals surface area contributed by atoms with Gasteiger partial charge in [0.25, 0.3) is 0 Å². The number of nitrogens with two attached hydrogens (primary N) is 1. The molecule has 78 valence electrons. The van der Waals surface area contributed by atoms with E-state index in [-0.39, 0.29) is 6.04 Å². The molecule has 2 rings (SSSR count). The maximum absolute atomic E-state index is 5.98. The molecule has 1 aromatic heterocycles. The molecule has 0 spiro atoms. The Hall–Kier alpha value is -0.960. The van der Waals surface area contributed by atoms with Crippen LogP contribution in [0.2, 0.25) is 10.0 Å². The van der Waals surface area contributed by atoms with Gasteiger partial charge in [-0.15, -0.1) is 0 Å². The van der Waals surface area contributed by atoms with E-state index in [0.29, 0.717) is 15.8 Å². The molecule has 1 atom stereocenters. The first-order chi connectivity index (χ1) is 7.18. The number of benzene rings is 1. The van der Waals surface area contributed by atoms with Crippen LogP contribution in [0.3, 0.4) is 0 Å². The molecule has 0 saturated carbocycles. The number of rotatable bonds is 2. The first-order valence-electron chi connectivity index (χ1n) is 4.42. The zero-order valence-electron chi connectivity index (χ0n) is 7.78. The van der Waals surface area contributed by atoms with Gasteiger partial charge in [-0.05, 0) is 29.8 Å². The van der Waals surface area contributed by atoms with Crippen molar-refractivity contribution in [1.82, 2.24) is 0 Å². The normalized spacial score (nSPS) is 12.7. The molecule has 0 bridgehead atoms. The minimum Gasteiger partial charge on any atom is -0.467 e. The smallest absolute Gasteiger partial charge is 0.124 e. The molecule has 4 heteroatoms. The summed E-state index contributed by atoms with van der Waals surface area (Å²) in [4.78, 5) is 0. The minimum absolute atomic E-state index is 0.310. The van der Waals surface area contributed by atoms with Gasteiger partial charge in [0.1, 0.15) is 5.76 Å². The predicted octanol–water partition coefficient (Wildman–Crippen LogP) is 3.63. The van der Waals surface area contributed by atoms with Crippen LogP contribution in [0, 0.1) is 0 Å². The molecule has 1 aromatic carbocycles. The lowest BCUT2D eigenvalue weighted by Crippen LogP contribution is -2.10. The molecule has 0 fully saturated rings. The fourth-order valence-electron chi connectivity index (χ4n) is 1.34. The first-order valence-corrected chi connectivity index (χ1v) is 5.18. The monoisotopic (exact) mass is 241 g/mol. The number of hydrogen-bond acceptors (Lipinski definition) is 2. The Balaban J connectivity index is 2.34. The van der Waals surface area contributed by atoms with E-state index in [1.807, 2.05) is 12.1 Å². The zero-order chi connectivity index (χ0) is 10.8. The summed E-state index contributed by atoms with van der Waals surface area (Å²) in [6.45, 7) is 0. The van der Waals surface area contributed by atoms with E-state index < -0.39 is 0 Å². The van der Waals surface area contributed by atoms with Crippen LogP contribution in [0.5, 0.6) is 0 Å². The van der Waals surface area contributed by atoms with Crippen molar-refractivity contribution in [3.63, 3.8) is 0 Å². The van der Waals surface area contributed by atoms with E-state index >= 15 is 0 Å². The number of halogens is 2. The Morgan fingerprint density at radius 3 is 2.53 bits per heavy atom. The van der Waals surface area contributed by atoms with Gasteiger partial charge < -0.3 is 10.2 Å². The molecule has 2 nitrogen and oxygen atoms in total. The van der Waals surface area contributed by atoms with Crippen molar-refractivity contribution in [2.75, 3.05) is 0 Å². The quantitative estimate of drug-likeness (QED) is 0.873. The Labute approximate surface area is 97.6 Å². The molecule has 0 radical (unpaired) electrons. The molecule has 2 N–H and O–H groups in total. The summed E-state index contributed by atoms with van der Waals surface area (Å²) in [6, 6.07) is 8.62. The lowest BCUT2D eigenvalue weighted by Gasteiger charge is -2.09. The highest BCUT2D eigenvalue weighted by Gasteiger charge is 2.12. The van der Waals surface area contributed by atoms with Gasteiger partial charge in [0, 0.05) is 0 Å². The third-order valence-electron chi connectivity index (χ3n) is 2.15.